The van der Waals surface area contributed by atoms with E-state index in [0.717, 1.165) is 12.0 Å². The Labute approximate surface area is 139 Å². The van der Waals surface area contributed by atoms with Crippen molar-refractivity contribution in [2.24, 2.45) is 5.73 Å². The number of aryl methyl sites for hydroxylation is 1. The average molecular weight is 332 g/mol. The third kappa shape index (κ3) is 4.55. The molecular weight excluding hydrogens is 314 g/mol. The monoisotopic (exact) mass is 331 g/mol. The van der Waals surface area contributed by atoms with Crippen molar-refractivity contribution >= 4 is 34.8 Å². The number of nitrogens with one attached hydrogen (secondary N) is 2. The van der Waals surface area contributed by atoms with Gasteiger partial charge in [-0.05, 0) is 48.4 Å². The lowest BCUT2D eigenvalue weighted by Crippen LogP contribution is -2.22. The van der Waals surface area contributed by atoms with Gasteiger partial charge in [0.2, 0.25) is 5.91 Å². The van der Waals surface area contributed by atoms with Crippen molar-refractivity contribution in [3.8, 4) is 0 Å². The largest absolute Gasteiger partial charge is 0.325 e. The summed E-state index contributed by atoms with van der Waals surface area (Å²) in [6, 6.07) is 12.0. The van der Waals surface area contributed by atoms with E-state index in [1.807, 2.05) is 13.0 Å². The Morgan fingerprint density at radius 1 is 1.09 bits per heavy atom. The van der Waals surface area contributed by atoms with E-state index < -0.39 is 0 Å². The van der Waals surface area contributed by atoms with Crippen LogP contribution < -0.4 is 16.4 Å². The molecule has 0 bridgehead atoms. The fraction of sp³-hybridized carbons (Fsp3) is 0.176. The lowest BCUT2D eigenvalue weighted by atomic mass is 10.1. The summed E-state index contributed by atoms with van der Waals surface area (Å²) < 4.78 is 0. The van der Waals surface area contributed by atoms with Crippen LogP contribution >= 0.6 is 11.6 Å². The molecule has 5 nitrogen and oxygen atoms in total. The van der Waals surface area contributed by atoms with Crippen LogP contribution in [-0.4, -0.2) is 18.4 Å². The minimum atomic E-state index is -0.277. The van der Waals surface area contributed by atoms with E-state index in [0.29, 0.717) is 22.0 Å². The number of hydrogen-bond donors (Lipinski definition) is 3. The molecule has 2 aromatic rings. The number of nitrogens with two attached hydrogens (primary N) is 1. The van der Waals surface area contributed by atoms with Crippen LogP contribution in [0.2, 0.25) is 5.02 Å². The molecule has 0 aliphatic rings. The van der Waals surface area contributed by atoms with Crippen LogP contribution in [0, 0.1) is 0 Å². The van der Waals surface area contributed by atoms with Crippen molar-refractivity contribution in [3.63, 3.8) is 0 Å². The first-order chi connectivity index (χ1) is 11.0. The van der Waals surface area contributed by atoms with Crippen LogP contribution in [-0.2, 0) is 11.2 Å². The van der Waals surface area contributed by atoms with Gasteiger partial charge in [0.25, 0.3) is 5.91 Å². The van der Waals surface area contributed by atoms with Gasteiger partial charge in [-0.15, -0.1) is 0 Å². The summed E-state index contributed by atoms with van der Waals surface area (Å²) in [6.45, 7) is 1.89. The molecule has 0 radical (unpaired) electrons. The van der Waals surface area contributed by atoms with E-state index in [1.54, 1.807) is 36.4 Å². The summed E-state index contributed by atoms with van der Waals surface area (Å²) in [5.74, 6) is -0.525. The van der Waals surface area contributed by atoms with E-state index >= 15 is 0 Å². The number of halogens is 1. The highest BCUT2D eigenvalue weighted by atomic mass is 35.5. The van der Waals surface area contributed by atoms with Crippen molar-refractivity contribution < 1.29 is 9.59 Å². The Bertz CT molecular complexity index is 714. The fourth-order valence-electron chi connectivity index (χ4n) is 2.08. The summed E-state index contributed by atoms with van der Waals surface area (Å²) in [7, 11) is 0. The molecule has 0 unspecified atom stereocenters. The number of benzene rings is 2. The van der Waals surface area contributed by atoms with Crippen molar-refractivity contribution in [3.05, 3.63) is 58.6 Å². The van der Waals surface area contributed by atoms with Crippen LogP contribution in [0.15, 0.2) is 42.5 Å². The average Bonchev–Trinajstić information content (AvgIpc) is 2.55. The summed E-state index contributed by atoms with van der Waals surface area (Å²) in [6.07, 6.45) is 0.756. The minimum Gasteiger partial charge on any atom is -0.325 e. The van der Waals surface area contributed by atoms with Gasteiger partial charge in [0.1, 0.15) is 0 Å². The molecule has 2 aromatic carbocycles. The zero-order valence-corrected chi connectivity index (χ0v) is 13.5. The quantitative estimate of drug-likeness (QED) is 0.787. The van der Waals surface area contributed by atoms with Crippen LogP contribution in [0.4, 0.5) is 11.4 Å². The standard InChI is InChI=1S/C17H18ClN3O2/c1-2-11-5-8-14(9-15(11)21-16(22)10-19)20-17(23)12-3-6-13(18)7-4-12/h3-9H,2,10,19H2,1H3,(H,20,23)(H,21,22). The maximum Gasteiger partial charge on any atom is 0.255 e. The maximum absolute atomic E-state index is 12.2. The van der Waals surface area contributed by atoms with Gasteiger partial charge in [0.15, 0.2) is 0 Å². The fourth-order valence-corrected chi connectivity index (χ4v) is 2.21. The Morgan fingerprint density at radius 2 is 1.78 bits per heavy atom. The van der Waals surface area contributed by atoms with E-state index in [9.17, 15) is 9.59 Å². The second-order valence-electron chi connectivity index (χ2n) is 4.94. The number of carbonyl (C=O) groups is 2. The SMILES string of the molecule is CCc1ccc(NC(=O)c2ccc(Cl)cc2)cc1NC(=O)CN. The van der Waals surface area contributed by atoms with Gasteiger partial charge in [0.05, 0.1) is 6.54 Å². The number of hydrogen-bond acceptors (Lipinski definition) is 3. The zero-order chi connectivity index (χ0) is 16.8. The molecule has 0 aliphatic carbocycles. The molecule has 0 atom stereocenters. The molecule has 0 saturated heterocycles. The van der Waals surface area contributed by atoms with Gasteiger partial charge in [-0.25, -0.2) is 0 Å². The van der Waals surface area contributed by atoms with Crippen LogP contribution in [0.3, 0.4) is 0 Å². The van der Waals surface area contributed by atoms with Gasteiger partial charge >= 0.3 is 0 Å². The molecule has 2 rings (SSSR count). The Kier molecular flexibility index (Phi) is 5.73. The van der Waals surface area contributed by atoms with Crippen LogP contribution in [0.25, 0.3) is 0 Å². The van der Waals surface area contributed by atoms with Gasteiger partial charge < -0.3 is 16.4 Å². The highest BCUT2D eigenvalue weighted by molar-refractivity contribution is 6.30. The highest BCUT2D eigenvalue weighted by Crippen LogP contribution is 2.22. The van der Waals surface area contributed by atoms with Gasteiger partial charge in [-0.1, -0.05) is 24.6 Å². The number of anilines is 2. The molecule has 4 N–H and O–H groups in total. The summed E-state index contributed by atoms with van der Waals surface area (Å²) in [5, 5.41) is 6.11. The van der Waals surface area contributed by atoms with Crippen molar-refractivity contribution in [2.45, 2.75) is 13.3 Å². The third-order valence-corrected chi connectivity index (χ3v) is 3.57. The molecule has 2 amide bonds. The third-order valence-electron chi connectivity index (χ3n) is 3.31. The first-order valence-corrected chi connectivity index (χ1v) is 7.61. The molecule has 120 valence electrons. The smallest absolute Gasteiger partial charge is 0.255 e. The number of rotatable bonds is 5. The molecule has 6 heteroatoms. The topological polar surface area (TPSA) is 84.2 Å². The van der Waals surface area contributed by atoms with Gasteiger partial charge in [0, 0.05) is 22.0 Å². The second-order valence-corrected chi connectivity index (χ2v) is 5.38. The van der Waals surface area contributed by atoms with Crippen molar-refractivity contribution in [1.29, 1.82) is 0 Å². The van der Waals surface area contributed by atoms with Crippen LogP contribution in [0.5, 0.6) is 0 Å². The van der Waals surface area contributed by atoms with E-state index in [1.165, 1.54) is 0 Å². The van der Waals surface area contributed by atoms with Gasteiger partial charge in [-0.3, -0.25) is 9.59 Å². The zero-order valence-electron chi connectivity index (χ0n) is 12.7. The first-order valence-electron chi connectivity index (χ1n) is 7.23. The summed E-state index contributed by atoms with van der Waals surface area (Å²) in [5.41, 5.74) is 8.04. The minimum absolute atomic E-state index is 0.0927. The van der Waals surface area contributed by atoms with E-state index in [-0.39, 0.29) is 18.4 Å². The molecule has 0 heterocycles. The summed E-state index contributed by atoms with van der Waals surface area (Å²) >= 11 is 5.81. The van der Waals surface area contributed by atoms with E-state index in [4.69, 9.17) is 17.3 Å². The Morgan fingerprint density at radius 3 is 2.39 bits per heavy atom. The summed E-state index contributed by atoms with van der Waals surface area (Å²) in [4.78, 5) is 23.7. The first kappa shape index (κ1) is 17.0. The normalized spacial score (nSPS) is 10.2. The predicted molar refractivity (Wildman–Crippen MR) is 92.9 cm³/mol. The van der Waals surface area contributed by atoms with Gasteiger partial charge in [-0.2, -0.15) is 0 Å². The molecule has 0 saturated carbocycles. The lowest BCUT2D eigenvalue weighted by molar-refractivity contribution is -0.114. The maximum atomic E-state index is 12.2. The van der Waals surface area contributed by atoms with E-state index in [2.05, 4.69) is 10.6 Å². The number of amides is 2. The van der Waals surface area contributed by atoms with Crippen LogP contribution in [0.1, 0.15) is 22.8 Å². The molecule has 0 fully saturated rings. The molecule has 0 spiro atoms. The Hall–Kier alpha value is -2.37. The molecular formula is C17H18ClN3O2. The number of carbonyl (C=O) groups excluding carboxylic acids is 2. The van der Waals surface area contributed by atoms with Crippen molar-refractivity contribution in [2.75, 3.05) is 17.2 Å². The highest BCUT2D eigenvalue weighted by Gasteiger charge is 2.09. The Balaban J connectivity index is 2.19. The molecule has 23 heavy (non-hydrogen) atoms. The van der Waals surface area contributed by atoms with Crippen molar-refractivity contribution in [1.82, 2.24) is 0 Å². The molecule has 0 aromatic heterocycles. The second kappa shape index (κ2) is 7.76. The molecule has 0 aliphatic heterocycles. The predicted octanol–water partition coefficient (Wildman–Crippen LogP) is 3.05. The lowest BCUT2D eigenvalue weighted by Gasteiger charge is -2.12.